The van der Waals surface area contributed by atoms with E-state index in [0.717, 1.165) is 23.4 Å². The summed E-state index contributed by atoms with van der Waals surface area (Å²) < 4.78 is 6.87. The fourth-order valence-corrected chi connectivity index (χ4v) is 4.32. The van der Waals surface area contributed by atoms with Gasteiger partial charge >= 0.3 is 5.97 Å². The highest BCUT2D eigenvalue weighted by Crippen LogP contribution is 2.37. The predicted molar refractivity (Wildman–Crippen MR) is 118 cm³/mol. The number of aryl methyl sites for hydroxylation is 1. The van der Waals surface area contributed by atoms with Crippen LogP contribution in [0.2, 0.25) is 0 Å². The number of carbonyl (C=O) groups is 1. The summed E-state index contributed by atoms with van der Waals surface area (Å²) in [6, 6.07) is 18.1. The van der Waals surface area contributed by atoms with E-state index in [0.29, 0.717) is 16.7 Å². The highest BCUT2D eigenvalue weighted by atomic mass is 32.2. The molecule has 3 aromatic rings. The molecule has 0 spiro atoms. The van der Waals surface area contributed by atoms with Gasteiger partial charge in [0.25, 0.3) is 0 Å². The number of anilines is 1. The molecule has 0 fully saturated rings. The molecule has 7 heteroatoms. The second-order valence-electron chi connectivity index (χ2n) is 7.09. The first kappa shape index (κ1) is 20.2. The molecule has 1 aromatic heterocycles. The molecule has 2 heterocycles. The van der Waals surface area contributed by atoms with Crippen molar-refractivity contribution in [3.63, 3.8) is 0 Å². The second kappa shape index (κ2) is 8.75. The number of thioether (sulfide) groups is 1. The van der Waals surface area contributed by atoms with Crippen molar-refractivity contribution in [1.82, 2.24) is 14.8 Å². The van der Waals surface area contributed by atoms with Crippen LogP contribution in [0.15, 0.2) is 71.0 Å². The molecular weight excluding hydrogens is 396 g/mol. The van der Waals surface area contributed by atoms with Crippen LogP contribution in [0.5, 0.6) is 0 Å². The number of ether oxygens (including phenoxy) is 1. The van der Waals surface area contributed by atoms with E-state index in [1.807, 2.05) is 37.3 Å². The first-order valence-electron chi connectivity index (χ1n) is 9.89. The third-order valence-corrected chi connectivity index (χ3v) is 6.06. The number of aromatic nitrogens is 3. The van der Waals surface area contributed by atoms with Crippen LogP contribution in [0.3, 0.4) is 0 Å². The molecule has 30 heavy (non-hydrogen) atoms. The zero-order valence-corrected chi connectivity index (χ0v) is 18.1. The fourth-order valence-electron chi connectivity index (χ4n) is 3.53. The van der Waals surface area contributed by atoms with Crippen molar-refractivity contribution in [2.45, 2.75) is 37.2 Å². The monoisotopic (exact) mass is 420 g/mol. The van der Waals surface area contributed by atoms with E-state index in [-0.39, 0.29) is 5.97 Å². The van der Waals surface area contributed by atoms with Gasteiger partial charge in [0.15, 0.2) is 0 Å². The molecule has 1 aliphatic heterocycles. The molecule has 154 valence electrons. The standard InChI is InChI=1S/C23H24N4O2S/c1-4-16-10-12-18(13-11-16)20-19(21(28)29-3)15(2)24-22-25-23(26-27(20)22)30-14-17-8-6-5-7-9-17/h5-13,20H,4,14H2,1-3H3,(H,24,25,26). The summed E-state index contributed by atoms with van der Waals surface area (Å²) in [7, 11) is 1.40. The van der Waals surface area contributed by atoms with E-state index >= 15 is 0 Å². The van der Waals surface area contributed by atoms with Crippen LogP contribution >= 0.6 is 11.8 Å². The Balaban J connectivity index is 1.70. The minimum atomic E-state index is -0.391. The fraction of sp³-hybridized carbons (Fsp3) is 0.261. The molecule has 0 bridgehead atoms. The van der Waals surface area contributed by atoms with Gasteiger partial charge in [-0.2, -0.15) is 4.98 Å². The highest BCUT2D eigenvalue weighted by molar-refractivity contribution is 7.98. The number of allylic oxidation sites excluding steroid dienone is 1. The number of carbonyl (C=O) groups excluding carboxylic acids is 1. The Morgan fingerprint density at radius 1 is 1.13 bits per heavy atom. The summed E-state index contributed by atoms with van der Waals surface area (Å²) in [5, 5.41) is 8.61. The zero-order valence-electron chi connectivity index (χ0n) is 17.3. The van der Waals surface area contributed by atoms with Crippen molar-refractivity contribution in [1.29, 1.82) is 0 Å². The molecular formula is C23H24N4O2S. The number of benzene rings is 2. The van der Waals surface area contributed by atoms with Gasteiger partial charge in [-0.1, -0.05) is 73.3 Å². The molecule has 0 saturated heterocycles. The Labute approximate surface area is 180 Å². The summed E-state index contributed by atoms with van der Waals surface area (Å²) in [5.74, 6) is 1.03. The summed E-state index contributed by atoms with van der Waals surface area (Å²) in [6.45, 7) is 3.99. The van der Waals surface area contributed by atoms with Crippen molar-refractivity contribution in [3.8, 4) is 0 Å². The molecule has 0 aliphatic carbocycles. The lowest BCUT2D eigenvalue weighted by Gasteiger charge is -2.27. The number of methoxy groups -OCH3 is 1. The maximum Gasteiger partial charge on any atom is 0.338 e. The molecule has 1 aliphatic rings. The van der Waals surface area contributed by atoms with Gasteiger partial charge in [-0.05, 0) is 30.0 Å². The summed E-state index contributed by atoms with van der Waals surface area (Å²) in [4.78, 5) is 17.3. The first-order chi connectivity index (χ1) is 14.6. The largest absolute Gasteiger partial charge is 0.466 e. The number of esters is 1. The Hall–Kier alpha value is -3.06. The Morgan fingerprint density at radius 2 is 1.87 bits per heavy atom. The molecule has 0 amide bonds. The maximum atomic E-state index is 12.6. The van der Waals surface area contributed by atoms with Crippen LogP contribution in [0.1, 0.15) is 36.6 Å². The van der Waals surface area contributed by atoms with Gasteiger partial charge in [-0.25, -0.2) is 9.48 Å². The van der Waals surface area contributed by atoms with Crippen LogP contribution in [0.4, 0.5) is 5.95 Å². The van der Waals surface area contributed by atoms with Gasteiger partial charge < -0.3 is 10.1 Å². The van der Waals surface area contributed by atoms with E-state index in [1.54, 1.807) is 16.4 Å². The molecule has 6 nitrogen and oxygen atoms in total. The Morgan fingerprint density at radius 3 is 2.53 bits per heavy atom. The SMILES string of the molecule is CCc1ccc(C2C(C(=O)OC)=C(C)Nc3nc(SCc4ccccc4)nn32)cc1. The number of rotatable bonds is 6. The second-order valence-corrected chi connectivity index (χ2v) is 8.03. The van der Waals surface area contributed by atoms with E-state index < -0.39 is 6.04 Å². The molecule has 1 atom stereocenters. The summed E-state index contributed by atoms with van der Waals surface area (Å²) >= 11 is 1.57. The topological polar surface area (TPSA) is 69.0 Å². The first-order valence-corrected chi connectivity index (χ1v) is 10.9. The number of hydrogen-bond donors (Lipinski definition) is 1. The van der Waals surface area contributed by atoms with Gasteiger partial charge in [0.05, 0.1) is 12.7 Å². The number of nitrogens with zero attached hydrogens (tertiary/aromatic N) is 3. The van der Waals surface area contributed by atoms with Gasteiger partial charge in [0, 0.05) is 11.4 Å². The lowest BCUT2D eigenvalue weighted by Crippen LogP contribution is -2.29. The number of fused-ring (bicyclic) bond motifs is 1. The van der Waals surface area contributed by atoms with Crippen LogP contribution in [0.25, 0.3) is 0 Å². The van der Waals surface area contributed by atoms with E-state index in [4.69, 9.17) is 9.84 Å². The van der Waals surface area contributed by atoms with Crippen LogP contribution < -0.4 is 5.32 Å². The lowest BCUT2D eigenvalue weighted by molar-refractivity contribution is -0.136. The maximum absolute atomic E-state index is 12.6. The number of hydrogen-bond acceptors (Lipinski definition) is 6. The molecule has 4 rings (SSSR count). The normalized spacial score (nSPS) is 15.5. The van der Waals surface area contributed by atoms with E-state index in [9.17, 15) is 4.79 Å². The van der Waals surface area contributed by atoms with Crippen molar-refractivity contribution in [2.24, 2.45) is 0 Å². The summed E-state index contributed by atoms with van der Waals surface area (Å²) in [5.41, 5.74) is 4.69. The number of nitrogens with one attached hydrogen (secondary N) is 1. The van der Waals surface area contributed by atoms with Gasteiger partial charge in [-0.3, -0.25) is 0 Å². The van der Waals surface area contributed by atoms with E-state index in [1.165, 1.54) is 18.2 Å². The minimum Gasteiger partial charge on any atom is -0.466 e. The average Bonchev–Trinajstić information content (AvgIpc) is 3.19. The van der Waals surface area contributed by atoms with Crippen molar-refractivity contribution >= 4 is 23.7 Å². The molecule has 1 N–H and O–H groups in total. The third-order valence-electron chi connectivity index (χ3n) is 5.15. The van der Waals surface area contributed by atoms with Gasteiger partial charge in [0.2, 0.25) is 11.1 Å². The zero-order chi connectivity index (χ0) is 21.1. The summed E-state index contributed by atoms with van der Waals surface area (Å²) in [6.07, 6.45) is 0.958. The van der Waals surface area contributed by atoms with Gasteiger partial charge in [-0.15, -0.1) is 5.10 Å². The van der Waals surface area contributed by atoms with Crippen molar-refractivity contribution < 1.29 is 9.53 Å². The van der Waals surface area contributed by atoms with Crippen LogP contribution in [-0.4, -0.2) is 27.8 Å². The smallest absolute Gasteiger partial charge is 0.338 e. The minimum absolute atomic E-state index is 0.371. The molecule has 2 aromatic carbocycles. The lowest BCUT2D eigenvalue weighted by atomic mass is 9.95. The highest BCUT2D eigenvalue weighted by Gasteiger charge is 2.34. The quantitative estimate of drug-likeness (QED) is 0.464. The van der Waals surface area contributed by atoms with Crippen molar-refractivity contribution in [3.05, 3.63) is 82.6 Å². The average molecular weight is 421 g/mol. The molecule has 1 unspecified atom stereocenters. The Kier molecular flexibility index (Phi) is 5.90. The van der Waals surface area contributed by atoms with Gasteiger partial charge in [0.1, 0.15) is 6.04 Å². The third kappa shape index (κ3) is 3.98. The van der Waals surface area contributed by atoms with Crippen LogP contribution in [0, 0.1) is 0 Å². The van der Waals surface area contributed by atoms with Crippen molar-refractivity contribution in [2.75, 3.05) is 12.4 Å². The van der Waals surface area contributed by atoms with E-state index in [2.05, 4.69) is 41.5 Å². The molecule has 0 saturated carbocycles. The Bertz CT molecular complexity index is 1070. The van der Waals surface area contributed by atoms with Crippen LogP contribution in [-0.2, 0) is 21.7 Å². The predicted octanol–water partition coefficient (Wildman–Crippen LogP) is 4.59. The molecule has 0 radical (unpaired) electrons.